The summed E-state index contributed by atoms with van der Waals surface area (Å²) >= 11 is 1.41. The molecule has 0 spiro atoms. The fraction of sp³-hybridized carbons (Fsp3) is 0.385. The molecular weight excluding hydrogens is 298 g/mol. The molecule has 0 bridgehead atoms. The molecule has 1 atom stereocenters. The molecule has 2 aromatic rings. The second-order valence-corrected chi connectivity index (χ2v) is 5.64. The molecule has 1 amide bonds. The van der Waals surface area contributed by atoms with Crippen molar-refractivity contribution < 1.29 is 9.53 Å². The number of rotatable bonds is 4. The first-order valence-electron chi connectivity index (χ1n) is 6.02. The minimum Gasteiger partial charge on any atom is -0.497 e. The number of benzene rings is 1. The summed E-state index contributed by atoms with van der Waals surface area (Å²) < 4.78 is 6.12. The van der Waals surface area contributed by atoms with Gasteiger partial charge in [-0.25, -0.2) is 4.98 Å². The molecule has 3 N–H and O–H groups in total. The molecule has 1 heterocycles. The average Bonchev–Trinajstić information content (AvgIpc) is 2.78. The molecule has 0 fully saturated rings. The van der Waals surface area contributed by atoms with Crippen molar-refractivity contribution in [1.29, 1.82) is 0 Å². The SMILES string of the molecule is COc1ccc2nc(NC(=O)[C@@H](N)C(C)C)sc2c1.Cl. The molecule has 1 aromatic carbocycles. The van der Waals surface area contributed by atoms with E-state index in [1.54, 1.807) is 7.11 Å². The minimum absolute atomic E-state index is 0. The molecule has 0 radical (unpaired) electrons. The van der Waals surface area contributed by atoms with E-state index in [1.807, 2.05) is 32.0 Å². The Morgan fingerprint density at radius 1 is 1.45 bits per heavy atom. The molecule has 0 aliphatic heterocycles. The van der Waals surface area contributed by atoms with Gasteiger partial charge in [0.2, 0.25) is 5.91 Å². The number of nitrogens with one attached hydrogen (secondary N) is 1. The van der Waals surface area contributed by atoms with Gasteiger partial charge in [0.05, 0.1) is 23.4 Å². The van der Waals surface area contributed by atoms with Crippen LogP contribution in [0.1, 0.15) is 13.8 Å². The first kappa shape index (κ1) is 16.7. The van der Waals surface area contributed by atoms with E-state index in [1.165, 1.54) is 11.3 Å². The maximum absolute atomic E-state index is 11.9. The Labute approximate surface area is 127 Å². The number of anilines is 1. The molecular formula is C13H18ClN3O2S. The van der Waals surface area contributed by atoms with Crippen molar-refractivity contribution in [2.24, 2.45) is 11.7 Å². The fourth-order valence-electron chi connectivity index (χ4n) is 1.58. The van der Waals surface area contributed by atoms with Crippen LogP contribution in [-0.2, 0) is 4.79 Å². The van der Waals surface area contributed by atoms with Crippen LogP contribution in [0.5, 0.6) is 5.75 Å². The monoisotopic (exact) mass is 315 g/mol. The standard InChI is InChI=1S/C13H17N3O2S.ClH/c1-7(2)11(14)12(17)16-13-15-9-5-4-8(18-3)6-10(9)19-13;/h4-7,11H,14H2,1-3H3,(H,15,16,17);1H/t11-;/m0./s1. The van der Waals surface area contributed by atoms with Crippen LogP contribution in [0.25, 0.3) is 10.2 Å². The Morgan fingerprint density at radius 2 is 2.15 bits per heavy atom. The van der Waals surface area contributed by atoms with Crippen LogP contribution < -0.4 is 15.8 Å². The normalized spacial score (nSPS) is 12.1. The lowest BCUT2D eigenvalue weighted by atomic mass is 10.1. The average molecular weight is 316 g/mol. The Balaban J connectivity index is 0.00000200. The Bertz CT molecular complexity index is 600. The Morgan fingerprint density at radius 3 is 2.75 bits per heavy atom. The highest BCUT2D eigenvalue weighted by atomic mass is 35.5. The quantitative estimate of drug-likeness (QED) is 0.909. The number of hydrogen-bond acceptors (Lipinski definition) is 5. The number of halogens is 1. The van der Waals surface area contributed by atoms with E-state index in [0.29, 0.717) is 5.13 Å². The number of aromatic nitrogens is 1. The highest BCUT2D eigenvalue weighted by Crippen LogP contribution is 2.29. The van der Waals surface area contributed by atoms with Crippen molar-refractivity contribution >= 4 is 45.0 Å². The summed E-state index contributed by atoms with van der Waals surface area (Å²) in [6.45, 7) is 3.82. The fourth-order valence-corrected chi connectivity index (χ4v) is 2.47. The van der Waals surface area contributed by atoms with Gasteiger partial charge >= 0.3 is 0 Å². The number of thiazole rings is 1. The van der Waals surface area contributed by atoms with Gasteiger partial charge in [0.25, 0.3) is 0 Å². The van der Waals surface area contributed by atoms with Crippen molar-refractivity contribution in [1.82, 2.24) is 4.98 Å². The van der Waals surface area contributed by atoms with Gasteiger partial charge in [-0.05, 0) is 24.1 Å². The third-order valence-electron chi connectivity index (χ3n) is 2.85. The molecule has 5 nitrogen and oxygen atoms in total. The van der Waals surface area contributed by atoms with Gasteiger partial charge in [-0.1, -0.05) is 25.2 Å². The molecule has 7 heteroatoms. The van der Waals surface area contributed by atoms with Gasteiger partial charge in [-0.2, -0.15) is 0 Å². The van der Waals surface area contributed by atoms with Gasteiger partial charge in [-0.3, -0.25) is 4.79 Å². The molecule has 0 saturated carbocycles. The first-order chi connectivity index (χ1) is 9.01. The first-order valence-corrected chi connectivity index (χ1v) is 6.84. The zero-order chi connectivity index (χ0) is 14.0. The largest absolute Gasteiger partial charge is 0.497 e. The van der Waals surface area contributed by atoms with Crippen molar-refractivity contribution in [2.75, 3.05) is 12.4 Å². The number of methoxy groups -OCH3 is 1. The smallest absolute Gasteiger partial charge is 0.243 e. The van der Waals surface area contributed by atoms with E-state index >= 15 is 0 Å². The molecule has 0 aliphatic carbocycles. The summed E-state index contributed by atoms with van der Waals surface area (Å²) in [6.07, 6.45) is 0. The van der Waals surface area contributed by atoms with Gasteiger partial charge in [-0.15, -0.1) is 12.4 Å². The van der Waals surface area contributed by atoms with Gasteiger partial charge in [0.1, 0.15) is 5.75 Å². The summed E-state index contributed by atoms with van der Waals surface area (Å²) in [5.74, 6) is 0.656. The van der Waals surface area contributed by atoms with Crippen molar-refractivity contribution in [3.05, 3.63) is 18.2 Å². The predicted octanol–water partition coefficient (Wildman–Crippen LogP) is 2.65. The third-order valence-corrected chi connectivity index (χ3v) is 3.78. The lowest BCUT2D eigenvalue weighted by Crippen LogP contribution is -2.39. The van der Waals surface area contributed by atoms with E-state index in [2.05, 4.69) is 10.3 Å². The number of ether oxygens (including phenoxy) is 1. The number of nitrogens with two attached hydrogens (primary N) is 1. The molecule has 110 valence electrons. The maximum atomic E-state index is 11.9. The zero-order valence-electron chi connectivity index (χ0n) is 11.5. The lowest BCUT2D eigenvalue weighted by molar-refractivity contribution is -0.118. The molecule has 0 saturated heterocycles. The molecule has 20 heavy (non-hydrogen) atoms. The topological polar surface area (TPSA) is 77.2 Å². The summed E-state index contributed by atoms with van der Waals surface area (Å²) in [5, 5.41) is 3.31. The van der Waals surface area contributed by atoms with E-state index in [-0.39, 0.29) is 24.2 Å². The van der Waals surface area contributed by atoms with Crippen LogP contribution in [-0.4, -0.2) is 24.0 Å². The summed E-state index contributed by atoms with van der Waals surface area (Å²) in [4.78, 5) is 16.2. The van der Waals surface area contributed by atoms with Gasteiger partial charge in [0, 0.05) is 0 Å². The summed E-state index contributed by atoms with van der Waals surface area (Å²) in [5.41, 5.74) is 6.63. The van der Waals surface area contributed by atoms with Crippen LogP contribution in [0, 0.1) is 5.92 Å². The molecule has 1 aromatic heterocycles. The predicted molar refractivity (Wildman–Crippen MR) is 84.9 cm³/mol. The molecule has 0 unspecified atom stereocenters. The van der Waals surface area contributed by atoms with E-state index < -0.39 is 6.04 Å². The molecule has 2 rings (SSSR count). The second-order valence-electron chi connectivity index (χ2n) is 4.61. The van der Waals surface area contributed by atoms with Crippen molar-refractivity contribution in [3.63, 3.8) is 0 Å². The van der Waals surface area contributed by atoms with E-state index in [0.717, 1.165) is 16.0 Å². The number of carbonyl (C=O) groups excluding carboxylic acids is 1. The molecule has 0 aliphatic rings. The van der Waals surface area contributed by atoms with Gasteiger partial charge in [0.15, 0.2) is 5.13 Å². The second kappa shape index (κ2) is 6.88. The summed E-state index contributed by atoms with van der Waals surface area (Å²) in [7, 11) is 1.62. The van der Waals surface area contributed by atoms with Crippen LogP contribution in [0.3, 0.4) is 0 Å². The Hall–Kier alpha value is -1.37. The number of carbonyl (C=O) groups is 1. The third kappa shape index (κ3) is 3.59. The Kier molecular flexibility index (Phi) is 5.74. The number of hydrogen-bond donors (Lipinski definition) is 2. The van der Waals surface area contributed by atoms with Crippen LogP contribution in [0.2, 0.25) is 0 Å². The number of amides is 1. The zero-order valence-corrected chi connectivity index (χ0v) is 13.2. The minimum atomic E-state index is -0.526. The van der Waals surface area contributed by atoms with E-state index in [4.69, 9.17) is 10.5 Å². The van der Waals surface area contributed by atoms with Crippen LogP contribution in [0.4, 0.5) is 5.13 Å². The highest BCUT2D eigenvalue weighted by Gasteiger charge is 2.18. The highest BCUT2D eigenvalue weighted by molar-refractivity contribution is 7.22. The number of nitrogens with zero attached hydrogens (tertiary/aromatic N) is 1. The van der Waals surface area contributed by atoms with Crippen molar-refractivity contribution in [3.8, 4) is 5.75 Å². The van der Waals surface area contributed by atoms with Gasteiger partial charge < -0.3 is 15.8 Å². The number of fused-ring (bicyclic) bond motifs is 1. The summed E-state index contributed by atoms with van der Waals surface area (Å²) in [6, 6.07) is 5.07. The van der Waals surface area contributed by atoms with Crippen LogP contribution in [0.15, 0.2) is 18.2 Å². The lowest BCUT2D eigenvalue weighted by Gasteiger charge is -2.13. The maximum Gasteiger partial charge on any atom is 0.243 e. The van der Waals surface area contributed by atoms with Crippen LogP contribution >= 0.6 is 23.7 Å². The van der Waals surface area contributed by atoms with Crippen molar-refractivity contribution in [2.45, 2.75) is 19.9 Å². The van der Waals surface area contributed by atoms with E-state index in [9.17, 15) is 4.79 Å².